The number of aromatic nitrogens is 2. The van der Waals surface area contributed by atoms with E-state index in [1.165, 1.54) is 0 Å². The van der Waals surface area contributed by atoms with Crippen LogP contribution in [0.1, 0.15) is 32.6 Å². The third kappa shape index (κ3) is 4.93. The van der Waals surface area contributed by atoms with Gasteiger partial charge in [0.05, 0.1) is 17.1 Å². The maximum atomic E-state index is 12.2. The van der Waals surface area contributed by atoms with Crippen molar-refractivity contribution in [3.8, 4) is 0 Å². The fourth-order valence-electron chi connectivity index (χ4n) is 3.23. The number of likely N-dealkylation sites (tertiary alicyclic amines) is 1. The number of carbonyl (C=O) groups is 1. The van der Waals surface area contributed by atoms with Crippen LogP contribution in [0.15, 0.2) is 23.0 Å². The fraction of sp³-hybridized carbons (Fsp3) is 0.556. The van der Waals surface area contributed by atoms with Crippen molar-refractivity contribution < 1.29 is 9.53 Å². The smallest absolute Gasteiger partial charge is 0.323 e. The Morgan fingerprint density at radius 1 is 1.36 bits per heavy atom. The SMILES string of the molecule is CCCO[C@H]1CCCN(CCC(=O)Nc2ccc3[nH]c(=O)[nH]c3c2)C1. The molecule has 1 aliphatic heterocycles. The molecule has 7 heteroatoms. The molecule has 1 fully saturated rings. The number of anilines is 1. The Labute approximate surface area is 146 Å². The molecule has 25 heavy (non-hydrogen) atoms. The minimum Gasteiger partial charge on any atom is -0.377 e. The highest BCUT2D eigenvalue weighted by Gasteiger charge is 2.20. The molecule has 1 saturated heterocycles. The predicted octanol–water partition coefficient (Wildman–Crippen LogP) is 2.08. The Morgan fingerprint density at radius 3 is 3.04 bits per heavy atom. The highest BCUT2D eigenvalue weighted by molar-refractivity contribution is 5.93. The van der Waals surface area contributed by atoms with Crippen molar-refractivity contribution in [1.29, 1.82) is 0 Å². The first-order valence-electron chi connectivity index (χ1n) is 9.00. The van der Waals surface area contributed by atoms with E-state index in [2.05, 4.69) is 27.1 Å². The van der Waals surface area contributed by atoms with Crippen LogP contribution in [-0.4, -0.2) is 53.1 Å². The van der Waals surface area contributed by atoms with Crippen LogP contribution in [0, 0.1) is 0 Å². The summed E-state index contributed by atoms with van der Waals surface area (Å²) in [5.41, 5.74) is 1.86. The van der Waals surface area contributed by atoms with Gasteiger partial charge in [0.25, 0.3) is 0 Å². The topological polar surface area (TPSA) is 90.2 Å². The van der Waals surface area contributed by atoms with Crippen molar-refractivity contribution in [2.45, 2.75) is 38.7 Å². The van der Waals surface area contributed by atoms with E-state index in [-0.39, 0.29) is 11.6 Å². The van der Waals surface area contributed by atoms with Gasteiger partial charge in [-0.15, -0.1) is 0 Å². The van der Waals surface area contributed by atoms with E-state index in [0.29, 0.717) is 23.7 Å². The molecule has 3 rings (SSSR count). The summed E-state index contributed by atoms with van der Waals surface area (Å²) in [5, 5.41) is 2.90. The summed E-state index contributed by atoms with van der Waals surface area (Å²) >= 11 is 0. The van der Waals surface area contributed by atoms with Gasteiger partial charge in [0.15, 0.2) is 0 Å². The van der Waals surface area contributed by atoms with Gasteiger partial charge in [0, 0.05) is 31.8 Å². The van der Waals surface area contributed by atoms with Gasteiger partial charge >= 0.3 is 5.69 Å². The zero-order chi connectivity index (χ0) is 17.6. The molecule has 7 nitrogen and oxygen atoms in total. The summed E-state index contributed by atoms with van der Waals surface area (Å²) in [6.45, 7) is 5.59. The number of imidazole rings is 1. The summed E-state index contributed by atoms with van der Waals surface area (Å²) < 4.78 is 5.83. The first-order valence-corrected chi connectivity index (χ1v) is 9.00. The highest BCUT2D eigenvalue weighted by atomic mass is 16.5. The van der Waals surface area contributed by atoms with E-state index in [1.54, 1.807) is 18.2 Å². The van der Waals surface area contributed by atoms with Gasteiger partial charge in [-0.3, -0.25) is 4.79 Å². The van der Waals surface area contributed by atoms with E-state index < -0.39 is 0 Å². The molecular weight excluding hydrogens is 320 g/mol. The Balaban J connectivity index is 1.47. The first kappa shape index (κ1) is 17.7. The number of aromatic amines is 2. The quantitative estimate of drug-likeness (QED) is 0.716. The molecule has 3 N–H and O–H groups in total. The fourth-order valence-corrected chi connectivity index (χ4v) is 3.23. The molecule has 136 valence electrons. The number of benzene rings is 1. The zero-order valence-electron chi connectivity index (χ0n) is 14.6. The maximum absolute atomic E-state index is 12.2. The van der Waals surface area contributed by atoms with Crippen LogP contribution < -0.4 is 11.0 Å². The predicted molar refractivity (Wildman–Crippen MR) is 97.9 cm³/mol. The van der Waals surface area contributed by atoms with Gasteiger partial charge in [-0.1, -0.05) is 6.92 Å². The number of piperidine rings is 1. The minimum absolute atomic E-state index is 0.0196. The number of hydrogen-bond acceptors (Lipinski definition) is 4. The lowest BCUT2D eigenvalue weighted by Gasteiger charge is -2.32. The summed E-state index contributed by atoms with van der Waals surface area (Å²) in [4.78, 5) is 31.2. The van der Waals surface area contributed by atoms with Gasteiger partial charge in [0.2, 0.25) is 5.91 Å². The second kappa shape index (κ2) is 8.31. The van der Waals surface area contributed by atoms with Gasteiger partial charge in [-0.25, -0.2) is 4.79 Å². The number of rotatable bonds is 7. The number of amides is 1. The average Bonchev–Trinajstić information content (AvgIpc) is 2.98. The number of carbonyl (C=O) groups excluding carboxylic acids is 1. The summed E-state index contributed by atoms with van der Waals surface area (Å²) in [6.07, 6.45) is 4.01. The van der Waals surface area contributed by atoms with Crippen molar-refractivity contribution in [2.24, 2.45) is 0 Å². The zero-order valence-corrected chi connectivity index (χ0v) is 14.6. The molecular formula is C18H26N4O3. The lowest BCUT2D eigenvalue weighted by molar-refractivity contribution is -0.116. The van der Waals surface area contributed by atoms with Crippen molar-refractivity contribution >= 4 is 22.6 Å². The lowest BCUT2D eigenvalue weighted by Crippen LogP contribution is -2.41. The van der Waals surface area contributed by atoms with Crippen LogP contribution in [0.25, 0.3) is 11.0 Å². The summed E-state index contributed by atoms with van der Waals surface area (Å²) in [6, 6.07) is 5.34. The monoisotopic (exact) mass is 346 g/mol. The van der Waals surface area contributed by atoms with Crippen molar-refractivity contribution in [3.05, 3.63) is 28.7 Å². The van der Waals surface area contributed by atoms with Gasteiger partial charge in [0.1, 0.15) is 0 Å². The largest absolute Gasteiger partial charge is 0.377 e. The second-order valence-corrected chi connectivity index (χ2v) is 6.57. The number of H-pyrrole nitrogens is 2. The van der Waals surface area contributed by atoms with E-state index in [0.717, 1.165) is 51.0 Å². The molecule has 2 aromatic rings. The summed E-state index contributed by atoms with van der Waals surface area (Å²) in [5.74, 6) is -0.0196. The average molecular weight is 346 g/mol. The van der Waals surface area contributed by atoms with Gasteiger partial charge in [-0.2, -0.15) is 0 Å². The number of fused-ring (bicyclic) bond motifs is 1. The number of ether oxygens (including phenoxy) is 1. The first-order chi connectivity index (χ1) is 12.1. The van der Waals surface area contributed by atoms with E-state index in [1.807, 2.05) is 0 Å². The summed E-state index contributed by atoms with van der Waals surface area (Å²) in [7, 11) is 0. The number of nitrogens with zero attached hydrogens (tertiary/aromatic N) is 1. The number of nitrogens with one attached hydrogen (secondary N) is 3. The molecule has 0 radical (unpaired) electrons. The molecule has 0 unspecified atom stereocenters. The molecule has 0 bridgehead atoms. The van der Waals surface area contributed by atoms with Crippen LogP contribution in [0.3, 0.4) is 0 Å². The molecule has 1 aromatic heterocycles. The van der Waals surface area contributed by atoms with Crippen LogP contribution >= 0.6 is 0 Å². The molecule has 1 atom stereocenters. The molecule has 1 aromatic carbocycles. The van der Waals surface area contributed by atoms with Crippen LogP contribution in [0.4, 0.5) is 5.69 Å². The van der Waals surface area contributed by atoms with Crippen molar-refractivity contribution in [1.82, 2.24) is 14.9 Å². The molecule has 2 heterocycles. The highest BCUT2D eigenvalue weighted by Crippen LogP contribution is 2.16. The minimum atomic E-state index is -0.247. The molecule has 0 aliphatic carbocycles. The van der Waals surface area contributed by atoms with Crippen LogP contribution in [-0.2, 0) is 9.53 Å². The Hall–Kier alpha value is -2.12. The third-order valence-electron chi connectivity index (χ3n) is 4.47. The Bertz CT molecular complexity index is 767. The molecule has 1 aliphatic rings. The van der Waals surface area contributed by atoms with Crippen LogP contribution in [0.5, 0.6) is 0 Å². The maximum Gasteiger partial charge on any atom is 0.323 e. The molecule has 0 spiro atoms. The number of hydrogen-bond donors (Lipinski definition) is 3. The second-order valence-electron chi connectivity index (χ2n) is 6.57. The van der Waals surface area contributed by atoms with Crippen molar-refractivity contribution in [3.63, 3.8) is 0 Å². The Kier molecular flexibility index (Phi) is 5.88. The molecule has 1 amide bonds. The normalized spacial score (nSPS) is 18.5. The molecule has 0 saturated carbocycles. The third-order valence-corrected chi connectivity index (χ3v) is 4.47. The van der Waals surface area contributed by atoms with E-state index in [9.17, 15) is 9.59 Å². The van der Waals surface area contributed by atoms with Gasteiger partial charge < -0.3 is 24.9 Å². The van der Waals surface area contributed by atoms with E-state index in [4.69, 9.17) is 4.74 Å². The van der Waals surface area contributed by atoms with Gasteiger partial charge in [-0.05, 0) is 44.0 Å². The standard InChI is InChI=1S/C18H26N4O3/c1-2-10-25-14-4-3-8-22(12-14)9-7-17(23)19-13-5-6-15-16(11-13)21-18(24)20-15/h5-6,11,14H,2-4,7-10,12H2,1H3,(H,19,23)(H2,20,21,24)/t14-/m0/s1. The Morgan fingerprint density at radius 2 is 2.20 bits per heavy atom. The van der Waals surface area contributed by atoms with Crippen molar-refractivity contribution in [2.75, 3.05) is 31.6 Å². The lowest BCUT2D eigenvalue weighted by atomic mass is 10.1. The van der Waals surface area contributed by atoms with E-state index >= 15 is 0 Å². The van der Waals surface area contributed by atoms with Crippen LogP contribution in [0.2, 0.25) is 0 Å².